The Morgan fingerprint density at radius 2 is 2.25 bits per heavy atom. The molecule has 0 bridgehead atoms. The summed E-state index contributed by atoms with van der Waals surface area (Å²) in [5.41, 5.74) is 6.86. The van der Waals surface area contributed by atoms with Crippen molar-refractivity contribution in [3.05, 3.63) is 18.0 Å². The highest BCUT2D eigenvalue weighted by Crippen LogP contribution is 2.26. The fourth-order valence-electron chi connectivity index (χ4n) is 2.31. The predicted molar refractivity (Wildman–Crippen MR) is 63.0 cm³/mol. The third-order valence-electron chi connectivity index (χ3n) is 3.22. The van der Waals surface area contributed by atoms with Gasteiger partial charge in [0.2, 0.25) is 0 Å². The number of hydrogen-bond acceptors (Lipinski definition) is 3. The zero-order valence-electron chi connectivity index (χ0n) is 9.93. The van der Waals surface area contributed by atoms with Gasteiger partial charge in [-0.05, 0) is 12.8 Å². The first-order chi connectivity index (χ1) is 7.79. The molecule has 1 aliphatic rings. The van der Waals surface area contributed by atoms with Gasteiger partial charge in [0.05, 0.1) is 18.4 Å². The summed E-state index contributed by atoms with van der Waals surface area (Å²) in [5.74, 6) is 0. The van der Waals surface area contributed by atoms with Gasteiger partial charge in [-0.15, -0.1) is 0 Å². The highest BCUT2D eigenvalue weighted by molar-refractivity contribution is 5.08. The Labute approximate surface area is 96.8 Å². The van der Waals surface area contributed by atoms with Crippen molar-refractivity contribution in [2.24, 2.45) is 12.8 Å². The van der Waals surface area contributed by atoms with E-state index in [1.165, 1.54) is 32.1 Å². The lowest BCUT2D eigenvalue weighted by Crippen LogP contribution is -2.24. The standard InChI is InChI=1S/C12H21N3O/c1-15-9-10(8-14-15)12(7-13)16-11-5-3-2-4-6-11/h8-9,11-12H,2-7,13H2,1H3. The monoisotopic (exact) mass is 223 g/mol. The second-order valence-electron chi connectivity index (χ2n) is 4.57. The van der Waals surface area contributed by atoms with E-state index in [0.29, 0.717) is 12.6 Å². The first-order valence-corrected chi connectivity index (χ1v) is 6.13. The summed E-state index contributed by atoms with van der Waals surface area (Å²) >= 11 is 0. The van der Waals surface area contributed by atoms with Gasteiger partial charge >= 0.3 is 0 Å². The van der Waals surface area contributed by atoms with E-state index in [1.807, 2.05) is 19.4 Å². The number of nitrogens with two attached hydrogens (primary N) is 1. The molecule has 0 aliphatic heterocycles. The highest BCUT2D eigenvalue weighted by Gasteiger charge is 2.20. The van der Waals surface area contributed by atoms with Crippen molar-refractivity contribution < 1.29 is 4.74 Å². The van der Waals surface area contributed by atoms with Crippen molar-refractivity contribution in [3.63, 3.8) is 0 Å². The maximum absolute atomic E-state index is 6.06. The molecule has 1 aliphatic carbocycles. The Kier molecular flexibility index (Phi) is 3.96. The Morgan fingerprint density at radius 1 is 1.50 bits per heavy atom. The molecule has 1 unspecified atom stereocenters. The van der Waals surface area contributed by atoms with Crippen molar-refractivity contribution >= 4 is 0 Å². The van der Waals surface area contributed by atoms with E-state index >= 15 is 0 Å². The minimum absolute atomic E-state index is 0.0109. The van der Waals surface area contributed by atoms with Crippen LogP contribution in [0.5, 0.6) is 0 Å². The molecule has 0 saturated heterocycles. The summed E-state index contributed by atoms with van der Waals surface area (Å²) in [5, 5.41) is 4.16. The largest absolute Gasteiger partial charge is 0.369 e. The second-order valence-corrected chi connectivity index (χ2v) is 4.57. The fourth-order valence-corrected chi connectivity index (χ4v) is 2.31. The SMILES string of the molecule is Cn1cc(C(CN)OC2CCCCC2)cn1. The number of aromatic nitrogens is 2. The van der Waals surface area contributed by atoms with E-state index in [1.54, 1.807) is 4.68 Å². The van der Waals surface area contributed by atoms with Gasteiger partial charge in [-0.25, -0.2) is 0 Å². The molecule has 2 N–H and O–H groups in total. The summed E-state index contributed by atoms with van der Waals surface area (Å²) in [6.45, 7) is 0.530. The fraction of sp³-hybridized carbons (Fsp3) is 0.750. The molecule has 0 amide bonds. The molecule has 1 atom stereocenters. The van der Waals surface area contributed by atoms with Crippen LogP contribution in [0.1, 0.15) is 43.8 Å². The van der Waals surface area contributed by atoms with Crippen molar-refractivity contribution in [1.82, 2.24) is 9.78 Å². The summed E-state index contributed by atoms with van der Waals surface area (Å²) in [4.78, 5) is 0. The molecule has 1 fully saturated rings. The quantitative estimate of drug-likeness (QED) is 0.846. The first-order valence-electron chi connectivity index (χ1n) is 6.13. The van der Waals surface area contributed by atoms with Crippen LogP contribution in [0.4, 0.5) is 0 Å². The van der Waals surface area contributed by atoms with Crippen molar-refractivity contribution in [2.45, 2.75) is 44.3 Å². The Hall–Kier alpha value is -0.870. The lowest BCUT2D eigenvalue weighted by molar-refractivity contribution is -0.0269. The molecular formula is C12H21N3O. The summed E-state index contributed by atoms with van der Waals surface area (Å²) in [7, 11) is 1.91. The van der Waals surface area contributed by atoms with E-state index in [0.717, 1.165) is 5.56 Å². The molecule has 16 heavy (non-hydrogen) atoms. The molecule has 2 rings (SSSR count). The molecule has 0 radical (unpaired) electrons. The van der Waals surface area contributed by atoms with E-state index in [4.69, 9.17) is 10.5 Å². The molecule has 90 valence electrons. The predicted octanol–water partition coefficient (Wildman–Crippen LogP) is 1.77. The average Bonchev–Trinajstić information content (AvgIpc) is 2.74. The zero-order valence-corrected chi connectivity index (χ0v) is 9.93. The average molecular weight is 223 g/mol. The molecule has 1 aromatic rings. The lowest BCUT2D eigenvalue weighted by atomic mass is 9.97. The van der Waals surface area contributed by atoms with Gasteiger partial charge in [0, 0.05) is 25.4 Å². The van der Waals surface area contributed by atoms with Gasteiger partial charge in [0.25, 0.3) is 0 Å². The van der Waals surface area contributed by atoms with Gasteiger partial charge in [-0.2, -0.15) is 5.10 Å². The second kappa shape index (κ2) is 5.46. The number of ether oxygens (including phenoxy) is 1. The van der Waals surface area contributed by atoms with Crippen LogP contribution >= 0.6 is 0 Å². The van der Waals surface area contributed by atoms with Gasteiger partial charge in [-0.1, -0.05) is 19.3 Å². The number of rotatable bonds is 4. The molecule has 1 heterocycles. The molecule has 4 nitrogen and oxygen atoms in total. The van der Waals surface area contributed by atoms with Crippen LogP contribution in [-0.2, 0) is 11.8 Å². The third-order valence-corrected chi connectivity index (χ3v) is 3.22. The van der Waals surface area contributed by atoms with Crippen molar-refractivity contribution in [1.29, 1.82) is 0 Å². The van der Waals surface area contributed by atoms with Gasteiger partial charge in [-0.3, -0.25) is 4.68 Å². The summed E-state index contributed by atoms with van der Waals surface area (Å²) in [6, 6.07) is 0. The summed E-state index contributed by atoms with van der Waals surface area (Å²) in [6.07, 6.45) is 10.5. The molecule has 0 aromatic carbocycles. The van der Waals surface area contributed by atoms with E-state index < -0.39 is 0 Å². The van der Waals surface area contributed by atoms with Crippen LogP contribution in [-0.4, -0.2) is 22.4 Å². The van der Waals surface area contributed by atoms with Crippen LogP contribution in [0.2, 0.25) is 0 Å². The first kappa shape index (κ1) is 11.6. The van der Waals surface area contributed by atoms with E-state index in [9.17, 15) is 0 Å². The number of nitrogens with zero attached hydrogens (tertiary/aromatic N) is 2. The van der Waals surface area contributed by atoms with Gasteiger partial charge in [0.1, 0.15) is 0 Å². The highest BCUT2D eigenvalue weighted by atomic mass is 16.5. The lowest BCUT2D eigenvalue weighted by Gasteiger charge is -2.26. The minimum Gasteiger partial charge on any atom is -0.369 e. The number of hydrogen-bond donors (Lipinski definition) is 1. The van der Waals surface area contributed by atoms with Gasteiger partial charge in [0.15, 0.2) is 0 Å². The van der Waals surface area contributed by atoms with Crippen molar-refractivity contribution in [2.75, 3.05) is 6.54 Å². The van der Waals surface area contributed by atoms with Crippen LogP contribution in [0.15, 0.2) is 12.4 Å². The Morgan fingerprint density at radius 3 is 2.81 bits per heavy atom. The smallest absolute Gasteiger partial charge is 0.0981 e. The molecule has 4 heteroatoms. The molecular weight excluding hydrogens is 202 g/mol. The topological polar surface area (TPSA) is 53.1 Å². The van der Waals surface area contributed by atoms with E-state index in [2.05, 4.69) is 5.10 Å². The summed E-state index contributed by atoms with van der Waals surface area (Å²) < 4.78 is 7.86. The number of aryl methyl sites for hydroxylation is 1. The zero-order chi connectivity index (χ0) is 11.4. The minimum atomic E-state index is 0.0109. The van der Waals surface area contributed by atoms with Gasteiger partial charge < -0.3 is 10.5 Å². The Balaban J connectivity index is 1.94. The maximum atomic E-state index is 6.06. The molecule has 0 spiro atoms. The maximum Gasteiger partial charge on any atom is 0.0981 e. The third kappa shape index (κ3) is 2.83. The van der Waals surface area contributed by atoms with E-state index in [-0.39, 0.29) is 6.10 Å². The normalized spacial score (nSPS) is 19.9. The van der Waals surface area contributed by atoms with Crippen LogP contribution in [0, 0.1) is 0 Å². The van der Waals surface area contributed by atoms with Crippen LogP contribution in [0.3, 0.4) is 0 Å². The van der Waals surface area contributed by atoms with Crippen molar-refractivity contribution in [3.8, 4) is 0 Å². The van der Waals surface area contributed by atoms with Crippen LogP contribution in [0.25, 0.3) is 0 Å². The Bertz CT molecular complexity index is 318. The van der Waals surface area contributed by atoms with Crippen LogP contribution < -0.4 is 5.73 Å². The molecule has 1 aromatic heterocycles. The molecule has 1 saturated carbocycles.